The highest BCUT2D eigenvalue weighted by Crippen LogP contribution is 2.36. The van der Waals surface area contributed by atoms with E-state index >= 15 is 0 Å². The van der Waals surface area contributed by atoms with Gasteiger partial charge in [0, 0.05) is 0 Å². The lowest BCUT2D eigenvalue weighted by atomic mass is 9.82. The van der Waals surface area contributed by atoms with Crippen molar-refractivity contribution in [1.29, 1.82) is 0 Å². The molecular weight excluding hydrogens is 213 g/mol. The van der Waals surface area contributed by atoms with Crippen molar-refractivity contribution in [3.8, 4) is 0 Å². The number of hydrogen-bond acceptors (Lipinski definition) is 1. The Labute approximate surface area is 103 Å². The first-order valence-electron chi connectivity index (χ1n) is 6.55. The number of hydrogen-bond donors (Lipinski definition) is 1. The molecule has 0 saturated carbocycles. The SMILES string of the molecule is Cc1ccccc1C(C)(F)CC1CCNCC1. The van der Waals surface area contributed by atoms with E-state index < -0.39 is 5.67 Å². The molecule has 1 unspecified atom stereocenters. The Morgan fingerprint density at radius 2 is 1.94 bits per heavy atom. The first-order valence-corrected chi connectivity index (χ1v) is 6.55. The first kappa shape index (κ1) is 12.6. The summed E-state index contributed by atoms with van der Waals surface area (Å²) in [5, 5.41) is 3.33. The molecule has 2 rings (SSSR count). The number of aryl methyl sites for hydroxylation is 1. The van der Waals surface area contributed by atoms with Crippen LogP contribution in [-0.2, 0) is 5.67 Å². The van der Waals surface area contributed by atoms with Gasteiger partial charge in [0.15, 0.2) is 0 Å². The third kappa shape index (κ3) is 3.06. The molecule has 2 heteroatoms. The van der Waals surface area contributed by atoms with Crippen molar-refractivity contribution in [3.63, 3.8) is 0 Å². The molecule has 0 radical (unpaired) electrons. The summed E-state index contributed by atoms with van der Waals surface area (Å²) in [6, 6.07) is 7.83. The Kier molecular flexibility index (Phi) is 3.82. The molecule has 1 heterocycles. The predicted molar refractivity (Wildman–Crippen MR) is 69.8 cm³/mol. The van der Waals surface area contributed by atoms with Gasteiger partial charge >= 0.3 is 0 Å². The van der Waals surface area contributed by atoms with Crippen LogP contribution in [0, 0.1) is 12.8 Å². The highest BCUT2D eigenvalue weighted by atomic mass is 19.1. The molecule has 94 valence electrons. The van der Waals surface area contributed by atoms with Gasteiger partial charge in [-0.1, -0.05) is 24.3 Å². The summed E-state index contributed by atoms with van der Waals surface area (Å²) in [6.45, 7) is 5.80. The van der Waals surface area contributed by atoms with Gasteiger partial charge in [-0.15, -0.1) is 0 Å². The van der Waals surface area contributed by atoms with Crippen molar-refractivity contribution in [2.45, 2.75) is 38.8 Å². The number of alkyl halides is 1. The van der Waals surface area contributed by atoms with E-state index in [1.807, 2.05) is 31.2 Å². The molecular formula is C15H22FN. The Morgan fingerprint density at radius 3 is 2.59 bits per heavy atom. The van der Waals surface area contributed by atoms with Gasteiger partial charge in [-0.3, -0.25) is 0 Å². The molecule has 1 saturated heterocycles. The fourth-order valence-corrected chi connectivity index (χ4v) is 2.90. The minimum Gasteiger partial charge on any atom is -0.317 e. The fourth-order valence-electron chi connectivity index (χ4n) is 2.90. The summed E-state index contributed by atoms with van der Waals surface area (Å²) in [7, 11) is 0. The molecule has 0 spiro atoms. The number of halogens is 1. The number of nitrogens with one attached hydrogen (secondary N) is 1. The van der Waals surface area contributed by atoms with Gasteiger partial charge in [-0.25, -0.2) is 4.39 Å². The summed E-state index contributed by atoms with van der Waals surface area (Å²) in [5.74, 6) is 0.519. The van der Waals surface area contributed by atoms with E-state index in [-0.39, 0.29) is 0 Å². The van der Waals surface area contributed by atoms with Crippen molar-refractivity contribution < 1.29 is 4.39 Å². The van der Waals surface area contributed by atoms with E-state index in [1.54, 1.807) is 6.92 Å². The zero-order valence-corrected chi connectivity index (χ0v) is 10.8. The van der Waals surface area contributed by atoms with Crippen LogP contribution in [0.4, 0.5) is 4.39 Å². The molecule has 1 nitrogen and oxygen atoms in total. The Balaban J connectivity index is 2.10. The van der Waals surface area contributed by atoms with Crippen molar-refractivity contribution in [3.05, 3.63) is 35.4 Å². The van der Waals surface area contributed by atoms with Gasteiger partial charge in [0.1, 0.15) is 5.67 Å². The first-order chi connectivity index (χ1) is 8.09. The highest BCUT2D eigenvalue weighted by Gasteiger charge is 2.31. The van der Waals surface area contributed by atoms with Crippen LogP contribution >= 0.6 is 0 Å². The second kappa shape index (κ2) is 5.18. The molecule has 1 fully saturated rings. The Bertz CT molecular complexity index is 367. The molecule has 1 N–H and O–H groups in total. The van der Waals surface area contributed by atoms with Crippen molar-refractivity contribution in [1.82, 2.24) is 5.32 Å². The smallest absolute Gasteiger partial charge is 0.133 e. The summed E-state index contributed by atoms with van der Waals surface area (Å²) < 4.78 is 14.8. The van der Waals surface area contributed by atoms with E-state index in [0.717, 1.165) is 37.1 Å². The van der Waals surface area contributed by atoms with Crippen LogP contribution in [0.2, 0.25) is 0 Å². The van der Waals surface area contributed by atoms with Crippen LogP contribution in [-0.4, -0.2) is 13.1 Å². The molecule has 0 amide bonds. The molecule has 0 bridgehead atoms. The van der Waals surface area contributed by atoms with Crippen LogP contribution in [0.1, 0.15) is 37.3 Å². The van der Waals surface area contributed by atoms with Crippen molar-refractivity contribution in [2.75, 3.05) is 13.1 Å². The number of piperidine rings is 1. The van der Waals surface area contributed by atoms with Crippen molar-refractivity contribution >= 4 is 0 Å². The maximum Gasteiger partial charge on any atom is 0.133 e. The van der Waals surface area contributed by atoms with Crippen LogP contribution in [0.3, 0.4) is 0 Å². The average Bonchev–Trinajstić information content (AvgIpc) is 2.30. The monoisotopic (exact) mass is 235 g/mol. The Morgan fingerprint density at radius 1 is 1.29 bits per heavy atom. The number of benzene rings is 1. The van der Waals surface area contributed by atoms with Crippen LogP contribution in [0.15, 0.2) is 24.3 Å². The molecule has 1 aromatic carbocycles. The van der Waals surface area contributed by atoms with Gasteiger partial charge in [0.25, 0.3) is 0 Å². The van der Waals surface area contributed by atoms with Crippen molar-refractivity contribution in [2.24, 2.45) is 5.92 Å². The largest absolute Gasteiger partial charge is 0.317 e. The van der Waals surface area contributed by atoms with Crippen LogP contribution in [0.5, 0.6) is 0 Å². The molecule has 1 aliphatic rings. The normalized spacial score (nSPS) is 21.1. The summed E-state index contributed by atoms with van der Waals surface area (Å²) in [6.07, 6.45) is 2.86. The topological polar surface area (TPSA) is 12.0 Å². The summed E-state index contributed by atoms with van der Waals surface area (Å²) in [5.41, 5.74) is 0.734. The maximum absolute atomic E-state index is 14.8. The van der Waals surface area contributed by atoms with E-state index in [0.29, 0.717) is 12.3 Å². The molecule has 17 heavy (non-hydrogen) atoms. The fraction of sp³-hybridized carbons (Fsp3) is 0.600. The second-order valence-corrected chi connectivity index (χ2v) is 5.41. The van der Waals surface area contributed by atoms with Gasteiger partial charge in [0.05, 0.1) is 0 Å². The lowest BCUT2D eigenvalue weighted by Gasteiger charge is -2.30. The third-order valence-electron chi connectivity index (χ3n) is 3.84. The van der Waals surface area contributed by atoms with Crippen LogP contribution in [0.25, 0.3) is 0 Å². The van der Waals surface area contributed by atoms with Gasteiger partial charge in [-0.2, -0.15) is 0 Å². The van der Waals surface area contributed by atoms with E-state index in [4.69, 9.17) is 0 Å². The molecule has 1 aliphatic heterocycles. The average molecular weight is 235 g/mol. The minimum absolute atomic E-state index is 0.519. The Hall–Kier alpha value is -0.890. The van der Waals surface area contributed by atoms with E-state index in [9.17, 15) is 4.39 Å². The second-order valence-electron chi connectivity index (χ2n) is 5.41. The molecule has 1 atom stereocenters. The minimum atomic E-state index is -1.19. The zero-order chi connectivity index (χ0) is 12.3. The highest BCUT2D eigenvalue weighted by molar-refractivity contribution is 5.30. The number of rotatable bonds is 3. The predicted octanol–water partition coefficient (Wildman–Crippen LogP) is 3.57. The van der Waals surface area contributed by atoms with E-state index in [2.05, 4.69) is 5.32 Å². The summed E-state index contributed by atoms with van der Waals surface area (Å²) >= 11 is 0. The standard InChI is InChI=1S/C15H22FN/c1-12-5-3-4-6-14(12)15(2,16)11-13-7-9-17-10-8-13/h3-6,13,17H,7-11H2,1-2H3. The van der Waals surface area contributed by atoms with E-state index in [1.165, 1.54) is 0 Å². The maximum atomic E-state index is 14.8. The molecule has 1 aromatic rings. The summed E-state index contributed by atoms with van der Waals surface area (Å²) in [4.78, 5) is 0. The van der Waals surface area contributed by atoms with Gasteiger partial charge in [0.2, 0.25) is 0 Å². The lowest BCUT2D eigenvalue weighted by Crippen LogP contribution is -2.31. The molecule has 0 aliphatic carbocycles. The quantitative estimate of drug-likeness (QED) is 0.844. The molecule has 0 aromatic heterocycles. The lowest BCUT2D eigenvalue weighted by molar-refractivity contribution is 0.131. The van der Waals surface area contributed by atoms with Crippen LogP contribution < -0.4 is 5.32 Å². The third-order valence-corrected chi connectivity index (χ3v) is 3.84. The zero-order valence-electron chi connectivity index (χ0n) is 10.8. The van der Waals surface area contributed by atoms with Gasteiger partial charge < -0.3 is 5.32 Å². The van der Waals surface area contributed by atoms with Gasteiger partial charge in [-0.05, 0) is 63.2 Å².